The van der Waals surface area contributed by atoms with Gasteiger partial charge < -0.3 is 14.8 Å². The lowest BCUT2D eigenvalue weighted by Crippen LogP contribution is -2.36. The number of carbonyl (C=O) groups excluding carboxylic acids is 1. The summed E-state index contributed by atoms with van der Waals surface area (Å²) in [5.41, 5.74) is 2.07. The number of rotatable bonds is 8. The van der Waals surface area contributed by atoms with Gasteiger partial charge in [0.2, 0.25) is 0 Å². The Bertz CT molecular complexity index is 871. The van der Waals surface area contributed by atoms with Gasteiger partial charge in [-0.1, -0.05) is 35.9 Å². The van der Waals surface area contributed by atoms with Crippen molar-refractivity contribution >= 4 is 23.2 Å². The molecule has 3 rings (SSSR count). The summed E-state index contributed by atoms with van der Waals surface area (Å²) in [4.78, 5) is 24.7. The van der Waals surface area contributed by atoms with Gasteiger partial charge in [0.05, 0.1) is 23.2 Å². The molecule has 9 heteroatoms. The lowest BCUT2D eigenvalue weighted by Gasteiger charge is -2.27. The van der Waals surface area contributed by atoms with Crippen LogP contribution in [0.3, 0.4) is 0 Å². The smallest absolute Gasteiger partial charge is 0.271 e. The van der Waals surface area contributed by atoms with E-state index in [2.05, 4.69) is 16.3 Å². The summed E-state index contributed by atoms with van der Waals surface area (Å²) < 4.78 is 10.8. The quantitative estimate of drug-likeness (QED) is 0.522. The van der Waals surface area contributed by atoms with Gasteiger partial charge in [-0.25, -0.2) is 0 Å². The molecular weight excluding hydrogens is 398 g/mol. The number of ether oxygens (including phenoxy) is 2. The van der Waals surface area contributed by atoms with Crippen molar-refractivity contribution in [1.82, 2.24) is 10.2 Å². The van der Waals surface area contributed by atoms with Crippen LogP contribution in [0, 0.1) is 10.1 Å². The first-order chi connectivity index (χ1) is 14.0. The largest absolute Gasteiger partial charge is 0.482 e. The van der Waals surface area contributed by atoms with Crippen molar-refractivity contribution in [2.45, 2.75) is 13.1 Å². The number of hydrogen-bond acceptors (Lipinski definition) is 6. The van der Waals surface area contributed by atoms with Crippen LogP contribution in [0.25, 0.3) is 0 Å². The van der Waals surface area contributed by atoms with Crippen molar-refractivity contribution < 1.29 is 19.2 Å². The fourth-order valence-corrected chi connectivity index (χ4v) is 3.22. The second-order valence-electron chi connectivity index (χ2n) is 6.59. The van der Waals surface area contributed by atoms with E-state index in [1.807, 2.05) is 18.2 Å². The molecule has 1 aliphatic heterocycles. The number of morpholine rings is 1. The normalized spacial score (nSPS) is 14.4. The van der Waals surface area contributed by atoms with E-state index in [0.717, 1.165) is 44.0 Å². The molecule has 1 fully saturated rings. The van der Waals surface area contributed by atoms with Gasteiger partial charge in [-0.3, -0.25) is 19.8 Å². The summed E-state index contributed by atoms with van der Waals surface area (Å²) in [5.74, 6) is -0.0827. The molecule has 0 aliphatic carbocycles. The van der Waals surface area contributed by atoms with Gasteiger partial charge in [-0.2, -0.15) is 0 Å². The molecule has 1 aliphatic rings. The van der Waals surface area contributed by atoms with Crippen molar-refractivity contribution in [2.75, 3.05) is 32.9 Å². The molecule has 2 aromatic carbocycles. The minimum atomic E-state index is -0.545. The summed E-state index contributed by atoms with van der Waals surface area (Å²) in [6.45, 7) is 4.22. The number of nitrogens with one attached hydrogen (secondary N) is 1. The molecule has 2 aromatic rings. The Morgan fingerprint density at radius 3 is 2.62 bits per heavy atom. The minimum Gasteiger partial charge on any atom is -0.482 e. The van der Waals surface area contributed by atoms with Crippen molar-refractivity contribution in [3.05, 3.63) is 68.7 Å². The third kappa shape index (κ3) is 6.15. The van der Waals surface area contributed by atoms with Crippen LogP contribution in [0.1, 0.15) is 11.1 Å². The molecule has 1 amide bonds. The summed E-state index contributed by atoms with van der Waals surface area (Å²) in [6.07, 6.45) is 0. The van der Waals surface area contributed by atoms with Crippen LogP contribution in [0.2, 0.25) is 5.02 Å². The van der Waals surface area contributed by atoms with Crippen LogP contribution < -0.4 is 10.1 Å². The molecule has 29 heavy (non-hydrogen) atoms. The van der Waals surface area contributed by atoms with Crippen LogP contribution in [0.4, 0.5) is 5.69 Å². The second-order valence-corrected chi connectivity index (χ2v) is 7.00. The number of nitro benzene ring substituents is 1. The Balaban J connectivity index is 1.51. The number of non-ortho nitro benzene ring substituents is 1. The monoisotopic (exact) mass is 419 g/mol. The highest BCUT2D eigenvalue weighted by molar-refractivity contribution is 6.32. The number of benzene rings is 2. The number of nitro groups is 1. The Morgan fingerprint density at radius 1 is 1.21 bits per heavy atom. The maximum Gasteiger partial charge on any atom is 0.271 e. The van der Waals surface area contributed by atoms with E-state index in [1.165, 1.54) is 18.2 Å². The van der Waals surface area contributed by atoms with Crippen molar-refractivity contribution in [2.24, 2.45) is 0 Å². The van der Waals surface area contributed by atoms with Crippen LogP contribution in [-0.2, 0) is 22.6 Å². The van der Waals surface area contributed by atoms with Crippen LogP contribution >= 0.6 is 11.6 Å². The second kappa shape index (κ2) is 10.2. The summed E-state index contributed by atoms with van der Waals surface area (Å²) in [5, 5.41) is 13.7. The Labute approximate surface area is 173 Å². The molecule has 0 radical (unpaired) electrons. The number of hydrogen-bond donors (Lipinski definition) is 1. The van der Waals surface area contributed by atoms with E-state index >= 15 is 0 Å². The molecule has 0 spiro atoms. The Kier molecular flexibility index (Phi) is 7.40. The molecule has 0 bridgehead atoms. The SMILES string of the molecule is O=C(COc1ccc([N+](=O)[O-])cc1Cl)NCc1ccccc1CN1CCOCC1. The number of nitrogens with zero attached hydrogens (tertiary/aromatic N) is 2. The van der Waals surface area contributed by atoms with E-state index in [1.54, 1.807) is 0 Å². The molecule has 0 saturated carbocycles. The highest BCUT2D eigenvalue weighted by Gasteiger charge is 2.14. The van der Waals surface area contributed by atoms with E-state index in [4.69, 9.17) is 21.1 Å². The predicted octanol–water partition coefficient (Wildman–Crippen LogP) is 2.78. The first-order valence-corrected chi connectivity index (χ1v) is 9.61. The van der Waals surface area contributed by atoms with E-state index in [-0.39, 0.29) is 29.0 Å². The highest BCUT2D eigenvalue weighted by Crippen LogP contribution is 2.28. The standard InChI is InChI=1S/C20H22ClN3O5/c21-18-11-17(24(26)27)5-6-19(18)29-14-20(25)22-12-15-3-1-2-4-16(15)13-23-7-9-28-10-8-23/h1-6,11H,7-10,12-14H2,(H,22,25). The summed E-state index contributed by atoms with van der Waals surface area (Å²) in [7, 11) is 0. The maximum atomic E-state index is 12.2. The number of halogens is 1. The third-order valence-electron chi connectivity index (χ3n) is 4.58. The van der Waals surface area contributed by atoms with E-state index in [0.29, 0.717) is 6.54 Å². The summed E-state index contributed by atoms with van der Waals surface area (Å²) in [6, 6.07) is 11.8. The fourth-order valence-electron chi connectivity index (χ4n) is 2.99. The lowest BCUT2D eigenvalue weighted by atomic mass is 10.1. The summed E-state index contributed by atoms with van der Waals surface area (Å²) >= 11 is 5.97. The van der Waals surface area contributed by atoms with Crippen molar-refractivity contribution in [3.8, 4) is 5.75 Å². The topological polar surface area (TPSA) is 93.9 Å². The molecular formula is C20H22ClN3O5. The van der Waals surface area contributed by atoms with E-state index < -0.39 is 4.92 Å². The fraction of sp³-hybridized carbons (Fsp3) is 0.350. The average Bonchev–Trinajstić information content (AvgIpc) is 2.73. The number of carbonyl (C=O) groups is 1. The van der Waals surface area contributed by atoms with Gasteiger partial charge in [0.25, 0.3) is 11.6 Å². The Hall–Kier alpha value is -2.68. The van der Waals surface area contributed by atoms with Gasteiger partial charge in [-0.15, -0.1) is 0 Å². The van der Waals surface area contributed by atoms with Gasteiger partial charge in [0, 0.05) is 38.3 Å². The van der Waals surface area contributed by atoms with E-state index in [9.17, 15) is 14.9 Å². The predicted molar refractivity (Wildman–Crippen MR) is 108 cm³/mol. The molecule has 0 aromatic heterocycles. The zero-order chi connectivity index (χ0) is 20.6. The van der Waals surface area contributed by atoms with Crippen molar-refractivity contribution in [1.29, 1.82) is 0 Å². The minimum absolute atomic E-state index is 0.0860. The molecule has 1 saturated heterocycles. The average molecular weight is 420 g/mol. The van der Waals surface area contributed by atoms with Crippen LogP contribution in [-0.4, -0.2) is 48.6 Å². The van der Waals surface area contributed by atoms with Crippen LogP contribution in [0.5, 0.6) is 5.75 Å². The van der Waals surface area contributed by atoms with Gasteiger partial charge >= 0.3 is 0 Å². The number of amides is 1. The zero-order valence-corrected chi connectivity index (χ0v) is 16.6. The van der Waals surface area contributed by atoms with Gasteiger partial charge in [0.15, 0.2) is 6.61 Å². The van der Waals surface area contributed by atoms with Crippen LogP contribution in [0.15, 0.2) is 42.5 Å². The third-order valence-corrected chi connectivity index (χ3v) is 4.87. The lowest BCUT2D eigenvalue weighted by molar-refractivity contribution is -0.384. The maximum absolute atomic E-state index is 12.2. The van der Waals surface area contributed by atoms with Crippen molar-refractivity contribution in [3.63, 3.8) is 0 Å². The molecule has 154 valence electrons. The van der Waals surface area contributed by atoms with Gasteiger partial charge in [0.1, 0.15) is 5.75 Å². The highest BCUT2D eigenvalue weighted by atomic mass is 35.5. The molecule has 1 N–H and O–H groups in total. The Morgan fingerprint density at radius 2 is 1.93 bits per heavy atom. The molecule has 1 heterocycles. The first-order valence-electron chi connectivity index (χ1n) is 9.23. The first kappa shape index (κ1) is 21.0. The zero-order valence-electron chi connectivity index (χ0n) is 15.8. The van der Waals surface area contributed by atoms with Gasteiger partial charge in [-0.05, 0) is 17.2 Å². The molecule has 0 unspecified atom stereocenters. The molecule has 0 atom stereocenters. The molecule has 8 nitrogen and oxygen atoms in total.